The molecule has 3 aromatic heterocycles. The van der Waals surface area contributed by atoms with Crippen LogP contribution >= 0.6 is 0 Å². The molecule has 0 aliphatic carbocycles. The summed E-state index contributed by atoms with van der Waals surface area (Å²) in [5.41, 5.74) is 10.8. The zero-order valence-electron chi connectivity index (χ0n) is 21.8. The highest BCUT2D eigenvalue weighted by molar-refractivity contribution is 6.04. The Morgan fingerprint density at radius 1 is 1.20 bits per heavy atom. The fourth-order valence-electron chi connectivity index (χ4n) is 4.73. The van der Waals surface area contributed by atoms with Gasteiger partial charge in [0, 0.05) is 42.5 Å². The van der Waals surface area contributed by atoms with Crippen molar-refractivity contribution < 1.29 is 9.18 Å². The summed E-state index contributed by atoms with van der Waals surface area (Å²) in [4.78, 5) is 18.4. The highest BCUT2D eigenvalue weighted by atomic mass is 19.1. The summed E-state index contributed by atoms with van der Waals surface area (Å²) in [6.45, 7) is 2.42. The van der Waals surface area contributed by atoms with Crippen LogP contribution in [0.15, 0.2) is 67.0 Å². The van der Waals surface area contributed by atoms with Crippen molar-refractivity contribution in [2.24, 2.45) is 7.05 Å². The smallest absolute Gasteiger partial charge is 0.259 e. The van der Waals surface area contributed by atoms with Crippen LogP contribution in [-0.4, -0.2) is 37.0 Å². The molecular formula is C30H25FN8O. The lowest BCUT2D eigenvalue weighted by Crippen LogP contribution is -2.29. The van der Waals surface area contributed by atoms with Gasteiger partial charge in [-0.15, -0.1) is 5.10 Å². The van der Waals surface area contributed by atoms with Crippen molar-refractivity contribution in [3.8, 4) is 23.0 Å². The van der Waals surface area contributed by atoms with Gasteiger partial charge in [-0.05, 0) is 48.9 Å². The fraction of sp³-hybridized carbons (Fsp3) is 0.133. The summed E-state index contributed by atoms with van der Waals surface area (Å²) in [5, 5.41) is 15.4. The number of nitrogens with two attached hydrogens (primary N) is 1. The van der Waals surface area contributed by atoms with Gasteiger partial charge in [0.25, 0.3) is 5.91 Å². The maximum absolute atomic E-state index is 13.8. The third kappa shape index (κ3) is 4.65. The first-order valence-electron chi connectivity index (χ1n) is 12.7. The Bertz CT molecular complexity index is 1860. The number of halogens is 1. The average Bonchev–Trinajstić information content (AvgIpc) is 3.52. The van der Waals surface area contributed by atoms with Crippen molar-refractivity contribution in [2.75, 3.05) is 17.6 Å². The molecule has 0 fully saturated rings. The third-order valence-electron chi connectivity index (χ3n) is 6.65. The SMILES string of the molecule is CC(NC(=O)c1c(N)nn2c1NCC=C2)c1nc2cccc(C#Cc3cnn(C)c3)c2cc1-c1ccc(F)cc1. The largest absolute Gasteiger partial charge is 0.381 e. The monoisotopic (exact) mass is 532 g/mol. The molecule has 0 spiro atoms. The summed E-state index contributed by atoms with van der Waals surface area (Å²) in [6.07, 6.45) is 7.19. The van der Waals surface area contributed by atoms with Crippen molar-refractivity contribution in [1.82, 2.24) is 29.9 Å². The molecule has 0 saturated heterocycles. The number of hydrogen-bond donors (Lipinski definition) is 3. The number of nitrogen functional groups attached to an aromatic ring is 1. The van der Waals surface area contributed by atoms with Gasteiger partial charge < -0.3 is 16.4 Å². The summed E-state index contributed by atoms with van der Waals surface area (Å²) >= 11 is 0. The van der Waals surface area contributed by atoms with Gasteiger partial charge in [-0.2, -0.15) is 5.10 Å². The van der Waals surface area contributed by atoms with E-state index in [4.69, 9.17) is 10.7 Å². The van der Waals surface area contributed by atoms with Crippen LogP contribution in [-0.2, 0) is 7.05 Å². The molecule has 10 heteroatoms. The molecule has 0 saturated carbocycles. The van der Waals surface area contributed by atoms with Crippen molar-refractivity contribution in [1.29, 1.82) is 0 Å². The molecule has 198 valence electrons. The number of rotatable bonds is 4. The van der Waals surface area contributed by atoms with Crippen LogP contribution in [0.5, 0.6) is 0 Å². The van der Waals surface area contributed by atoms with Crippen molar-refractivity contribution in [2.45, 2.75) is 13.0 Å². The molecule has 1 aliphatic heterocycles. The number of hydrogen-bond acceptors (Lipinski definition) is 6. The van der Waals surface area contributed by atoms with Gasteiger partial charge in [0.2, 0.25) is 0 Å². The summed E-state index contributed by atoms with van der Waals surface area (Å²) < 4.78 is 17.1. The molecule has 40 heavy (non-hydrogen) atoms. The lowest BCUT2D eigenvalue weighted by Gasteiger charge is -2.19. The molecule has 4 N–H and O–H groups in total. The standard InChI is InChI=1S/C30H25FN8O/c1-18(35-30(40)26-28(32)37-39-14-4-13-33-29(26)39)27-24(21-9-11-22(31)12-10-21)15-23-20(5-3-6-25(23)36-27)8-7-19-16-34-38(2)17-19/h3-6,9-12,14-18,33H,13H2,1-2H3,(H2,32,37)(H,35,40). The number of anilines is 2. The van der Waals surface area contributed by atoms with Gasteiger partial charge >= 0.3 is 0 Å². The van der Waals surface area contributed by atoms with Crippen LogP contribution in [0, 0.1) is 17.7 Å². The first-order valence-corrected chi connectivity index (χ1v) is 12.7. The Hall–Kier alpha value is -5.43. The van der Waals surface area contributed by atoms with Crippen LogP contribution in [0.3, 0.4) is 0 Å². The van der Waals surface area contributed by atoms with E-state index in [2.05, 4.69) is 32.7 Å². The minimum Gasteiger partial charge on any atom is -0.381 e. The van der Waals surface area contributed by atoms with E-state index >= 15 is 0 Å². The van der Waals surface area contributed by atoms with E-state index in [-0.39, 0.29) is 23.1 Å². The molecule has 9 nitrogen and oxygen atoms in total. The maximum Gasteiger partial charge on any atom is 0.259 e. The number of aryl methyl sites for hydroxylation is 1. The molecule has 1 unspecified atom stereocenters. The van der Waals surface area contributed by atoms with Gasteiger partial charge in [0.05, 0.1) is 29.0 Å². The summed E-state index contributed by atoms with van der Waals surface area (Å²) in [7, 11) is 1.84. The van der Waals surface area contributed by atoms with E-state index in [1.807, 2.05) is 50.5 Å². The Labute approximate surface area is 229 Å². The minimum atomic E-state index is -0.517. The number of aromatic nitrogens is 5. The summed E-state index contributed by atoms with van der Waals surface area (Å²) in [5.74, 6) is 6.32. The third-order valence-corrected chi connectivity index (χ3v) is 6.65. The minimum absolute atomic E-state index is 0.126. The maximum atomic E-state index is 13.8. The first-order chi connectivity index (χ1) is 19.4. The van der Waals surface area contributed by atoms with Crippen molar-refractivity contribution in [3.05, 3.63) is 95.2 Å². The van der Waals surface area contributed by atoms with E-state index in [0.29, 0.717) is 23.6 Å². The molecule has 6 rings (SSSR count). The number of nitrogens with one attached hydrogen (secondary N) is 2. The lowest BCUT2D eigenvalue weighted by atomic mass is 9.96. The second-order valence-corrected chi connectivity index (χ2v) is 9.47. The predicted octanol–water partition coefficient (Wildman–Crippen LogP) is 4.34. The van der Waals surface area contributed by atoms with Crippen molar-refractivity contribution in [3.63, 3.8) is 0 Å². The van der Waals surface area contributed by atoms with E-state index in [9.17, 15) is 9.18 Å². The molecule has 0 radical (unpaired) electrons. The predicted molar refractivity (Wildman–Crippen MR) is 153 cm³/mol. The highest BCUT2D eigenvalue weighted by Gasteiger charge is 2.26. The van der Waals surface area contributed by atoms with E-state index in [1.165, 1.54) is 12.1 Å². The molecule has 1 amide bonds. The zero-order valence-corrected chi connectivity index (χ0v) is 21.8. The zero-order chi connectivity index (χ0) is 27.8. The first kappa shape index (κ1) is 24.9. The molecule has 2 aromatic carbocycles. The highest BCUT2D eigenvalue weighted by Crippen LogP contribution is 2.33. The number of nitrogens with zero attached hydrogens (tertiary/aromatic N) is 5. The molecule has 5 aromatic rings. The van der Waals surface area contributed by atoms with E-state index in [1.54, 1.807) is 33.9 Å². The van der Waals surface area contributed by atoms with Gasteiger partial charge in [-0.1, -0.05) is 30.0 Å². The Balaban J connectivity index is 1.42. The average molecular weight is 533 g/mol. The molecule has 1 aliphatic rings. The van der Waals surface area contributed by atoms with Crippen LogP contribution in [0.25, 0.3) is 28.2 Å². The van der Waals surface area contributed by atoms with Gasteiger partial charge in [0.1, 0.15) is 17.2 Å². The fourth-order valence-corrected chi connectivity index (χ4v) is 4.73. The second kappa shape index (κ2) is 10.0. The number of benzene rings is 2. The van der Waals surface area contributed by atoms with Gasteiger partial charge in [-0.25, -0.2) is 14.1 Å². The molecule has 0 bridgehead atoms. The molecule has 1 atom stereocenters. The van der Waals surface area contributed by atoms with Crippen LogP contribution < -0.4 is 16.4 Å². The Morgan fingerprint density at radius 3 is 2.80 bits per heavy atom. The quantitative estimate of drug-likeness (QED) is 0.297. The van der Waals surface area contributed by atoms with Gasteiger partial charge in [0.15, 0.2) is 5.82 Å². The lowest BCUT2D eigenvalue weighted by molar-refractivity contribution is 0.0941. The normalized spacial score (nSPS) is 12.8. The van der Waals surface area contributed by atoms with E-state index < -0.39 is 6.04 Å². The summed E-state index contributed by atoms with van der Waals surface area (Å²) in [6, 6.07) is 13.4. The van der Waals surface area contributed by atoms with Crippen molar-refractivity contribution >= 4 is 34.6 Å². The number of carbonyl (C=O) groups is 1. The van der Waals surface area contributed by atoms with Gasteiger partial charge in [-0.3, -0.25) is 9.48 Å². The number of pyridine rings is 1. The van der Waals surface area contributed by atoms with Crippen LogP contribution in [0.1, 0.15) is 40.1 Å². The van der Waals surface area contributed by atoms with E-state index in [0.717, 1.165) is 27.6 Å². The Morgan fingerprint density at radius 2 is 2.02 bits per heavy atom. The van der Waals surface area contributed by atoms with Crippen LogP contribution in [0.4, 0.5) is 16.0 Å². The number of carbonyl (C=O) groups excluding carboxylic acids is 1. The number of fused-ring (bicyclic) bond motifs is 2. The topological polar surface area (TPSA) is 116 Å². The van der Waals surface area contributed by atoms with Crippen LogP contribution in [0.2, 0.25) is 0 Å². The number of amides is 1. The second-order valence-electron chi connectivity index (χ2n) is 9.47. The molecular weight excluding hydrogens is 507 g/mol. The Kier molecular flexibility index (Phi) is 6.24. The molecule has 4 heterocycles.